The molecule has 1 aromatic heterocycles. The quantitative estimate of drug-likeness (QED) is 0.420. The first-order valence-corrected chi connectivity index (χ1v) is 9.27. The lowest BCUT2D eigenvalue weighted by molar-refractivity contribution is -0.0172. The number of hydrogen-bond donors (Lipinski definition) is 2. The van der Waals surface area contributed by atoms with Crippen LogP contribution in [0.25, 0.3) is 0 Å². The van der Waals surface area contributed by atoms with Crippen LogP contribution in [-0.2, 0) is 24.3 Å². The molecule has 0 unspecified atom stereocenters. The molecule has 0 radical (unpaired) electrons. The Labute approximate surface area is 158 Å². The summed E-state index contributed by atoms with van der Waals surface area (Å²) in [6.07, 6.45) is 5.26. The second-order valence-electron chi connectivity index (χ2n) is 6.22. The first-order chi connectivity index (χ1) is 13.3. The molecule has 0 saturated heterocycles. The number of rotatable bonds is 8. The van der Waals surface area contributed by atoms with Gasteiger partial charge in [-0.05, 0) is 43.5 Å². The molecule has 0 amide bonds. The third kappa shape index (κ3) is 5.68. The van der Waals surface area contributed by atoms with Gasteiger partial charge in [-0.2, -0.15) is 5.10 Å². The summed E-state index contributed by atoms with van der Waals surface area (Å²) in [5.41, 5.74) is 1.60. The zero-order valence-electron chi connectivity index (χ0n) is 15.6. The van der Waals surface area contributed by atoms with E-state index in [2.05, 4.69) is 20.7 Å². The summed E-state index contributed by atoms with van der Waals surface area (Å²) in [7, 11) is 0. The fraction of sp³-hybridized carbons (Fsp3) is 0.474. The number of aromatic nitrogens is 2. The van der Waals surface area contributed by atoms with Crippen molar-refractivity contribution in [3.05, 3.63) is 47.5 Å². The molecule has 0 fully saturated rings. The number of nitrogens with zero attached hydrogens (tertiary/aromatic N) is 3. The van der Waals surface area contributed by atoms with Crippen LogP contribution in [0.1, 0.15) is 24.5 Å². The Bertz CT molecular complexity index is 749. The minimum absolute atomic E-state index is 0.208. The van der Waals surface area contributed by atoms with E-state index in [0.29, 0.717) is 26.1 Å². The van der Waals surface area contributed by atoms with Crippen LogP contribution in [0.5, 0.6) is 5.75 Å². The number of aliphatic imine (C=N–C) groups is 1. The summed E-state index contributed by atoms with van der Waals surface area (Å²) in [5.74, 6) is 1.23. The zero-order chi connectivity index (χ0) is 18.9. The predicted molar refractivity (Wildman–Crippen MR) is 101 cm³/mol. The number of guanidine groups is 1. The summed E-state index contributed by atoms with van der Waals surface area (Å²) in [4.78, 5) is 4.58. The highest BCUT2D eigenvalue weighted by molar-refractivity contribution is 5.79. The van der Waals surface area contributed by atoms with E-state index in [1.54, 1.807) is 6.20 Å². The van der Waals surface area contributed by atoms with Crippen molar-refractivity contribution >= 4 is 5.96 Å². The van der Waals surface area contributed by atoms with Gasteiger partial charge in [-0.15, -0.1) is 0 Å². The number of fused-ring (bicyclic) bond motifs is 1. The highest BCUT2D eigenvalue weighted by Crippen LogP contribution is 2.29. The van der Waals surface area contributed by atoms with Crippen LogP contribution in [0.4, 0.5) is 4.39 Å². The smallest absolute Gasteiger partial charge is 0.191 e. The topological polar surface area (TPSA) is 72.7 Å². The Balaban J connectivity index is 1.50. The molecule has 2 N–H and O–H groups in total. The highest BCUT2D eigenvalue weighted by Gasteiger charge is 2.16. The van der Waals surface area contributed by atoms with Crippen molar-refractivity contribution in [2.75, 3.05) is 26.4 Å². The Hall–Kier alpha value is -2.61. The van der Waals surface area contributed by atoms with Gasteiger partial charge >= 0.3 is 0 Å². The van der Waals surface area contributed by atoms with Crippen molar-refractivity contribution in [1.29, 1.82) is 0 Å². The minimum Gasteiger partial charge on any atom is -0.467 e. The molecular weight excluding hydrogens is 349 g/mol. The van der Waals surface area contributed by atoms with Crippen LogP contribution in [0.3, 0.4) is 0 Å². The van der Waals surface area contributed by atoms with Gasteiger partial charge in [0.05, 0.1) is 6.61 Å². The monoisotopic (exact) mass is 375 g/mol. The normalized spacial score (nSPS) is 13.8. The Morgan fingerprint density at radius 3 is 3.11 bits per heavy atom. The number of nitrogens with one attached hydrogen (secondary N) is 2. The molecule has 0 saturated carbocycles. The average molecular weight is 375 g/mol. The van der Waals surface area contributed by atoms with E-state index < -0.39 is 0 Å². The van der Waals surface area contributed by atoms with E-state index >= 15 is 0 Å². The Morgan fingerprint density at radius 2 is 2.30 bits per heavy atom. The molecule has 0 atom stereocenters. The molecule has 1 aliphatic heterocycles. The molecule has 0 bridgehead atoms. The van der Waals surface area contributed by atoms with Gasteiger partial charge in [0.15, 0.2) is 12.8 Å². The van der Waals surface area contributed by atoms with Crippen LogP contribution >= 0.6 is 0 Å². The van der Waals surface area contributed by atoms with Gasteiger partial charge in [0, 0.05) is 44.1 Å². The largest absolute Gasteiger partial charge is 0.467 e. The Morgan fingerprint density at radius 1 is 1.37 bits per heavy atom. The number of benzene rings is 1. The maximum atomic E-state index is 13.8. The van der Waals surface area contributed by atoms with Gasteiger partial charge < -0.3 is 20.1 Å². The lowest BCUT2D eigenvalue weighted by atomic mass is 10.1. The third-order valence-electron chi connectivity index (χ3n) is 4.16. The van der Waals surface area contributed by atoms with Gasteiger partial charge in [0.25, 0.3) is 0 Å². The summed E-state index contributed by atoms with van der Waals surface area (Å²) < 4.78 is 26.5. The van der Waals surface area contributed by atoms with E-state index in [1.165, 1.54) is 12.1 Å². The van der Waals surface area contributed by atoms with Crippen LogP contribution < -0.4 is 15.4 Å². The van der Waals surface area contributed by atoms with E-state index in [1.807, 2.05) is 23.9 Å². The van der Waals surface area contributed by atoms with Crippen molar-refractivity contribution in [2.24, 2.45) is 4.99 Å². The molecule has 1 aliphatic rings. The standard InChI is InChI=1S/C19H26FN5O2/c1-2-21-19(22-6-3-9-25-10-4-7-24-25)23-8-5-15-11-17(20)12-16-13-26-14-27-18(15)16/h4,7,10-12H,2-3,5-6,8-9,13-14H2,1H3,(H2,21,22,23). The van der Waals surface area contributed by atoms with Crippen molar-refractivity contribution in [1.82, 2.24) is 20.4 Å². The zero-order valence-corrected chi connectivity index (χ0v) is 15.6. The van der Waals surface area contributed by atoms with Crippen molar-refractivity contribution in [3.8, 4) is 5.75 Å². The van der Waals surface area contributed by atoms with Gasteiger partial charge in [-0.1, -0.05) is 0 Å². The molecule has 27 heavy (non-hydrogen) atoms. The second-order valence-corrected chi connectivity index (χ2v) is 6.22. The lowest BCUT2D eigenvalue weighted by Gasteiger charge is -2.21. The summed E-state index contributed by atoms with van der Waals surface area (Å²) in [5, 5.41) is 10.7. The molecule has 8 heteroatoms. The van der Waals surface area contributed by atoms with Crippen LogP contribution in [0.2, 0.25) is 0 Å². The maximum absolute atomic E-state index is 13.8. The van der Waals surface area contributed by atoms with Crippen molar-refractivity contribution in [2.45, 2.75) is 32.9 Å². The minimum atomic E-state index is -0.267. The van der Waals surface area contributed by atoms with Crippen LogP contribution in [0, 0.1) is 5.82 Å². The van der Waals surface area contributed by atoms with E-state index in [0.717, 1.165) is 42.3 Å². The van der Waals surface area contributed by atoms with Gasteiger partial charge in [-0.3, -0.25) is 9.67 Å². The summed E-state index contributed by atoms with van der Waals surface area (Å²) in [6.45, 7) is 5.56. The molecule has 0 aliphatic carbocycles. The average Bonchev–Trinajstić information content (AvgIpc) is 3.18. The number of hydrogen-bond acceptors (Lipinski definition) is 4. The Kier molecular flexibility index (Phi) is 7.04. The van der Waals surface area contributed by atoms with E-state index in [4.69, 9.17) is 9.47 Å². The molecule has 2 heterocycles. The molecule has 3 rings (SSSR count). The molecule has 1 aromatic carbocycles. The van der Waals surface area contributed by atoms with Crippen LogP contribution in [-0.4, -0.2) is 42.2 Å². The van der Waals surface area contributed by atoms with E-state index in [9.17, 15) is 4.39 Å². The SMILES string of the molecule is CCNC(=NCCCn1cccn1)NCCc1cc(F)cc2c1OCOC2. The fourth-order valence-electron chi connectivity index (χ4n) is 2.96. The van der Waals surface area contributed by atoms with Crippen LogP contribution in [0.15, 0.2) is 35.6 Å². The first kappa shape index (κ1) is 19.2. The molecule has 146 valence electrons. The summed E-state index contributed by atoms with van der Waals surface area (Å²) >= 11 is 0. The summed E-state index contributed by atoms with van der Waals surface area (Å²) in [6, 6.07) is 4.91. The number of halogens is 1. The third-order valence-corrected chi connectivity index (χ3v) is 4.16. The second kappa shape index (κ2) is 9.91. The van der Waals surface area contributed by atoms with Gasteiger partial charge in [-0.25, -0.2) is 4.39 Å². The van der Waals surface area contributed by atoms with Gasteiger partial charge in [0.1, 0.15) is 11.6 Å². The lowest BCUT2D eigenvalue weighted by Crippen LogP contribution is -2.38. The van der Waals surface area contributed by atoms with Gasteiger partial charge in [0.2, 0.25) is 0 Å². The first-order valence-electron chi connectivity index (χ1n) is 9.27. The van der Waals surface area contributed by atoms with E-state index in [-0.39, 0.29) is 12.6 Å². The molecular formula is C19H26FN5O2. The number of aryl methyl sites for hydroxylation is 1. The molecule has 2 aromatic rings. The molecule has 0 spiro atoms. The number of ether oxygens (including phenoxy) is 2. The van der Waals surface area contributed by atoms with Crippen molar-refractivity contribution in [3.63, 3.8) is 0 Å². The van der Waals surface area contributed by atoms with Crippen molar-refractivity contribution < 1.29 is 13.9 Å². The fourth-order valence-corrected chi connectivity index (χ4v) is 2.96. The maximum Gasteiger partial charge on any atom is 0.191 e. The predicted octanol–water partition coefficient (Wildman–Crippen LogP) is 2.08. The molecule has 7 nitrogen and oxygen atoms in total. The highest BCUT2D eigenvalue weighted by atomic mass is 19.1.